The van der Waals surface area contributed by atoms with Gasteiger partial charge in [-0.15, -0.1) is 15.3 Å². The highest BCUT2D eigenvalue weighted by Gasteiger charge is 2.19. The molecule has 0 aliphatic heterocycles. The third kappa shape index (κ3) is 4.49. The summed E-state index contributed by atoms with van der Waals surface area (Å²) in [6.07, 6.45) is 0. The lowest BCUT2D eigenvalue weighted by atomic mass is 9.87. The molecular weight excluding hydrogens is 456 g/mol. The maximum Gasteiger partial charge on any atom is 0.278 e. The summed E-state index contributed by atoms with van der Waals surface area (Å²) < 4.78 is 3.41. The number of hydrogen-bond acceptors (Lipinski definition) is 6. The standard InChI is InChI=1S/C27H26N6OS/c1-18-9-5-8-12-23(18)33-24(19-13-15-20(16-14-19)27(2,3)4)29-30-26(33)35-17-32-25(34)21-10-6-7-11-22(21)28-31-32/h5-16H,17H2,1-4H3. The Morgan fingerprint density at radius 3 is 2.31 bits per heavy atom. The highest BCUT2D eigenvalue weighted by atomic mass is 32.2. The van der Waals surface area contributed by atoms with Crippen molar-refractivity contribution in [2.45, 2.75) is 44.1 Å². The van der Waals surface area contributed by atoms with E-state index in [9.17, 15) is 4.79 Å². The van der Waals surface area contributed by atoms with Crippen LogP contribution in [0.15, 0.2) is 82.7 Å². The zero-order chi connectivity index (χ0) is 24.6. The molecule has 0 amide bonds. The number of rotatable bonds is 5. The van der Waals surface area contributed by atoms with Gasteiger partial charge in [0.2, 0.25) is 0 Å². The van der Waals surface area contributed by atoms with Crippen LogP contribution in [0.25, 0.3) is 28.0 Å². The first-order valence-electron chi connectivity index (χ1n) is 11.4. The van der Waals surface area contributed by atoms with E-state index in [0.29, 0.717) is 16.1 Å². The van der Waals surface area contributed by atoms with E-state index in [-0.39, 0.29) is 16.9 Å². The lowest BCUT2D eigenvalue weighted by Gasteiger charge is -2.19. The Balaban J connectivity index is 1.55. The molecule has 2 aromatic heterocycles. The Morgan fingerprint density at radius 1 is 0.857 bits per heavy atom. The zero-order valence-electron chi connectivity index (χ0n) is 20.1. The highest BCUT2D eigenvalue weighted by Crippen LogP contribution is 2.31. The van der Waals surface area contributed by atoms with Crippen molar-refractivity contribution < 1.29 is 0 Å². The van der Waals surface area contributed by atoms with E-state index in [1.54, 1.807) is 12.1 Å². The monoisotopic (exact) mass is 482 g/mol. The summed E-state index contributed by atoms with van der Waals surface area (Å²) in [5, 5.41) is 18.6. The van der Waals surface area contributed by atoms with E-state index in [1.165, 1.54) is 22.0 Å². The smallest absolute Gasteiger partial charge is 0.270 e. The number of nitrogens with zero attached hydrogens (tertiary/aromatic N) is 6. The Kier molecular flexibility index (Phi) is 5.98. The summed E-state index contributed by atoms with van der Waals surface area (Å²) in [6.45, 7) is 8.66. The second-order valence-corrected chi connectivity index (χ2v) is 10.4. The van der Waals surface area contributed by atoms with Crippen molar-refractivity contribution in [3.63, 3.8) is 0 Å². The average molecular weight is 483 g/mol. The Bertz CT molecular complexity index is 1560. The molecule has 2 heterocycles. The predicted molar refractivity (Wildman–Crippen MR) is 140 cm³/mol. The zero-order valence-corrected chi connectivity index (χ0v) is 21.0. The number of benzene rings is 3. The average Bonchev–Trinajstić information content (AvgIpc) is 3.27. The summed E-state index contributed by atoms with van der Waals surface area (Å²) in [7, 11) is 0. The van der Waals surface area contributed by atoms with Crippen molar-refractivity contribution in [2.75, 3.05) is 0 Å². The number of hydrogen-bond donors (Lipinski definition) is 0. The van der Waals surface area contributed by atoms with Gasteiger partial charge in [-0.25, -0.2) is 0 Å². The SMILES string of the molecule is Cc1ccccc1-n1c(SCn2nnc3ccccc3c2=O)nnc1-c1ccc(C(C)(C)C)cc1. The maximum absolute atomic E-state index is 12.9. The van der Waals surface area contributed by atoms with Crippen LogP contribution in [0.4, 0.5) is 0 Å². The third-order valence-electron chi connectivity index (χ3n) is 5.94. The molecule has 0 N–H and O–H groups in total. The normalized spacial score (nSPS) is 11.8. The molecule has 0 saturated carbocycles. The van der Waals surface area contributed by atoms with Gasteiger partial charge in [0.1, 0.15) is 5.52 Å². The van der Waals surface area contributed by atoms with Crippen LogP contribution < -0.4 is 5.56 Å². The van der Waals surface area contributed by atoms with Crippen molar-refractivity contribution in [2.24, 2.45) is 0 Å². The first kappa shape index (κ1) is 23.0. The molecule has 5 rings (SSSR count). The van der Waals surface area contributed by atoms with Crippen LogP contribution in [-0.4, -0.2) is 29.8 Å². The summed E-state index contributed by atoms with van der Waals surface area (Å²) in [5.74, 6) is 1.02. The van der Waals surface area contributed by atoms with Crippen LogP contribution in [0.2, 0.25) is 0 Å². The maximum atomic E-state index is 12.9. The quantitative estimate of drug-likeness (QED) is 0.312. The molecule has 35 heavy (non-hydrogen) atoms. The van der Waals surface area contributed by atoms with Crippen molar-refractivity contribution in [1.29, 1.82) is 0 Å². The van der Waals surface area contributed by atoms with E-state index in [0.717, 1.165) is 22.6 Å². The van der Waals surface area contributed by atoms with Crippen LogP contribution >= 0.6 is 11.8 Å². The van der Waals surface area contributed by atoms with Gasteiger partial charge in [-0.3, -0.25) is 9.36 Å². The second-order valence-electron chi connectivity index (χ2n) is 9.44. The molecule has 176 valence electrons. The van der Waals surface area contributed by atoms with Crippen LogP contribution in [0.3, 0.4) is 0 Å². The van der Waals surface area contributed by atoms with Crippen LogP contribution in [0.5, 0.6) is 0 Å². The van der Waals surface area contributed by atoms with E-state index < -0.39 is 0 Å². The van der Waals surface area contributed by atoms with Crippen LogP contribution in [0, 0.1) is 6.92 Å². The minimum atomic E-state index is -0.178. The minimum absolute atomic E-state index is 0.0669. The molecule has 0 spiro atoms. The lowest BCUT2D eigenvalue weighted by molar-refractivity contribution is 0.590. The van der Waals surface area contributed by atoms with Gasteiger partial charge >= 0.3 is 0 Å². The van der Waals surface area contributed by atoms with E-state index in [4.69, 9.17) is 0 Å². The molecule has 3 aromatic carbocycles. The van der Waals surface area contributed by atoms with Gasteiger partial charge in [0.25, 0.3) is 5.56 Å². The number of thioether (sulfide) groups is 1. The van der Waals surface area contributed by atoms with E-state index in [1.807, 2.05) is 28.8 Å². The minimum Gasteiger partial charge on any atom is -0.270 e. The number of para-hydroxylation sites is 1. The molecular formula is C27H26N6OS. The molecule has 0 saturated heterocycles. The Labute approximate surface area is 207 Å². The topological polar surface area (TPSA) is 78.5 Å². The van der Waals surface area contributed by atoms with Gasteiger partial charge in [-0.1, -0.05) is 92.3 Å². The first-order valence-corrected chi connectivity index (χ1v) is 12.4. The van der Waals surface area contributed by atoms with Crippen LogP contribution in [-0.2, 0) is 11.3 Å². The third-order valence-corrected chi connectivity index (χ3v) is 6.84. The molecule has 7 nitrogen and oxygen atoms in total. The largest absolute Gasteiger partial charge is 0.278 e. The molecule has 0 unspecified atom stereocenters. The van der Waals surface area contributed by atoms with Crippen molar-refractivity contribution >= 4 is 22.7 Å². The van der Waals surface area contributed by atoms with E-state index >= 15 is 0 Å². The van der Waals surface area contributed by atoms with Gasteiger partial charge in [-0.2, -0.15) is 4.68 Å². The van der Waals surface area contributed by atoms with Crippen LogP contribution in [0.1, 0.15) is 31.9 Å². The van der Waals surface area contributed by atoms with Gasteiger partial charge in [0.05, 0.1) is 17.0 Å². The molecule has 8 heteroatoms. The highest BCUT2D eigenvalue weighted by molar-refractivity contribution is 7.98. The second kappa shape index (κ2) is 9.11. The first-order chi connectivity index (χ1) is 16.8. The van der Waals surface area contributed by atoms with Crippen molar-refractivity contribution in [3.8, 4) is 17.1 Å². The molecule has 0 aliphatic carbocycles. The summed E-state index contributed by atoms with van der Waals surface area (Å²) in [5.41, 5.74) is 4.80. The summed E-state index contributed by atoms with van der Waals surface area (Å²) >= 11 is 1.40. The fourth-order valence-corrected chi connectivity index (χ4v) is 4.75. The summed E-state index contributed by atoms with van der Waals surface area (Å²) in [4.78, 5) is 12.9. The fraction of sp³-hybridized carbons (Fsp3) is 0.222. The van der Waals surface area contributed by atoms with Crippen molar-refractivity contribution in [3.05, 3.63) is 94.3 Å². The van der Waals surface area contributed by atoms with E-state index in [2.05, 4.69) is 84.6 Å². The Hall–Kier alpha value is -3.78. The molecule has 0 aliphatic rings. The van der Waals surface area contributed by atoms with Gasteiger partial charge in [0, 0.05) is 5.56 Å². The lowest BCUT2D eigenvalue weighted by Crippen LogP contribution is -2.23. The molecule has 0 fully saturated rings. The van der Waals surface area contributed by atoms with Gasteiger partial charge < -0.3 is 0 Å². The predicted octanol–water partition coefficient (Wildman–Crippen LogP) is 5.39. The van der Waals surface area contributed by atoms with Gasteiger partial charge in [-0.05, 0) is 41.7 Å². The fourth-order valence-electron chi connectivity index (χ4n) is 3.93. The number of aryl methyl sites for hydroxylation is 1. The summed E-state index contributed by atoms with van der Waals surface area (Å²) in [6, 6.07) is 23.8. The molecule has 0 atom stereocenters. The van der Waals surface area contributed by atoms with Crippen molar-refractivity contribution in [1.82, 2.24) is 29.8 Å². The number of aromatic nitrogens is 6. The molecule has 0 bridgehead atoms. The Morgan fingerprint density at radius 2 is 1.57 bits per heavy atom. The number of fused-ring (bicyclic) bond motifs is 1. The van der Waals surface area contributed by atoms with Gasteiger partial charge in [0.15, 0.2) is 11.0 Å². The molecule has 5 aromatic rings. The molecule has 0 radical (unpaired) electrons.